The summed E-state index contributed by atoms with van der Waals surface area (Å²) in [5.74, 6) is 0.390. The normalized spacial score (nSPS) is 10.0. The SMILES string of the molecule is O=C(CCOc1ccccc1)NCCNC(=O)c1cccc(Cl)c1. The Balaban J connectivity index is 1.58. The van der Waals surface area contributed by atoms with E-state index in [0.29, 0.717) is 30.3 Å². The van der Waals surface area contributed by atoms with Gasteiger partial charge in [-0.1, -0.05) is 35.9 Å². The van der Waals surface area contributed by atoms with Crippen LogP contribution in [-0.4, -0.2) is 31.5 Å². The summed E-state index contributed by atoms with van der Waals surface area (Å²) in [6.45, 7) is 1.01. The zero-order valence-corrected chi connectivity index (χ0v) is 13.9. The summed E-state index contributed by atoms with van der Waals surface area (Å²) < 4.78 is 5.45. The Morgan fingerprint density at radius 1 is 0.958 bits per heavy atom. The first-order valence-electron chi connectivity index (χ1n) is 7.63. The highest BCUT2D eigenvalue weighted by Gasteiger charge is 2.06. The summed E-state index contributed by atoms with van der Waals surface area (Å²) in [6.07, 6.45) is 0.261. The quantitative estimate of drug-likeness (QED) is 0.722. The molecule has 2 aromatic rings. The smallest absolute Gasteiger partial charge is 0.251 e. The number of carbonyl (C=O) groups excluding carboxylic acids is 2. The first-order chi connectivity index (χ1) is 11.6. The molecule has 0 aromatic heterocycles. The maximum absolute atomic E-state index is 11.9. The molecule has 24 heavy (non-hydrogen) atoms. The minimum absolute atomic E-state index is 0.122. The van der Waals surface area contributed by atoms with Crippen LogP contribution in [0.4, 0.5) is 0 Å². The molecular formula is C18H19ClN2O3. The third kappa shape index (κ3) is 6.30. The van der Waals surface area contributed by atoms with Crippen molar-refractivity contribution >= 4 is 23.4 Å². The van der Waals surface area contributed by atoms with E-state index in [9.17, 15) is 9.59 Å². The van der Waals surface area contributed by atoms with Crippen LogP contribution in [0.15, 0.2) is 54.6 Å². The Bertz CT molecular complexity index is 677. The molecule has 0 saturated heterocycles. The maximum atomic E-state index is 11.9. The minimum atomic E-state index is -0.223. The van der Waals surface area contributed by atoms with Gasteiger partial charge in [-0.15, -0.1) is 0 Å². The van der Waals surface area contributed by atoms with E-state index in [2.05, 4.69) is 10.6 Å². The van der Waals surface area contributed by atoms with Crippen molar-refractivity contribution in [3.05, 3.63) is 65.2 Å². The van der Waals surface area contributed by atoms with Crippen LogP contribution in [0.25, 0.3) is 0 Å². The van der Waals surface area contributed by atoms with Gasteiger partial charge < -0.3 is 15.4 Å². The van der Waals surface area contributed by atoms with Gasteiger partial charge in [-0.25, -0.2) is 0 Å². The van der Waals surface area contributed by atoms with Crippen molar-refractivity contribution in [1.82, 2.24) is 10.6 Å². The average molecular weight is 347 g/mol. The lowest BCUT2D eigenvalue weighted by Crippen LogP contribution is -2.35. The number of para-hydroxylation sites is 1. The van der Waals surface area contributed by atoms with Crippen LogP contribution < -0.4 is 15.4 Å². The maximum Gasteiger partial charge on any atom is 0.251 e. The summed E-state index contributed by atoms with van der Waals surface area (Å²) in [5.41, 5.74) is 0.491. The summed E-state index contributed by atoms with van der Waals surface area (Å²) in [5, 5.41) is 5.96. The molecule has 2 amide bonds. The summed E-state index contributed by atoms with van der Waals surface area (Å²) in [7, 11) is 0. The largest absolute Gasteiger partial charge is 0.493 e. The van der Waals surface area contributed by atoms with E-state index < -0.39 is 0 Å². The third-order valence-electron chi connectivity index (χ3n) is 3.16. The minimum Gasteiger partial charge on any atom is -0.493 e. The Morgan fingerprint density at radius 3 is 2.46 bits per heavy atom. The zero-order chi connectivity index (χ0) is 17.2. The second-order valence-electron chi connectivity index (χ2n) is 5.03. The number of rotatable bonds is 8. The number of hydrogen-bond donors (Lipinski definition) is 2. The van der Waals surface area contributed by atoms with Crippen molar-refractivity contribution in [2.45, 2.75) is 6.42 Å². The van der Waals surface area contributed by atoms with E-state index in [1.807, 2.05) is 30.3 Å². The summed E-state index contributed by atoms with van der Waals surface area (Å²) in [4.78, 5) is 23.5. The van der Waals surface area contributed by atoms with Crippen molar-refractivity contribution in [3.63, 3.8) is 0 Å². The first-order valence-corrected chi connectivity index (χ1v) is 8.01. The molecule has 0 spiro atoms. The van der Waals surface area contributed by atoms with Gasteiger partial charge in [-0.05, 0) is 30.3 Å². The molecule has 0 heterocycles. The van der Waals surface area contributed by atoms with Crippen molar-refractivity contribution in [1.29, 1.82) is 0 Å². The predicted octanol–water partition coefficient (Wildman–Crippen LogP) is 2.66. The fraction of sp³-hybridized carbons (Fsp3) is 0.222. The van der Waals surface area contributed by atoms with Crippen LogP contribution in [0, 0.1) is 0 Å². The molecule has 0 saturated carbocycles. The molecule has 0 bridgehead atoms. The second kappa shape index (κ2) is 9.57. The van der Waals surface area contributed by atoms with Gasteiger partial charge in [-0.3, -0.25) is 9.59 Å². The molecule has 0 fully saturated rings. The van der Waals surface area contributed by atoms with Gasteiger partial charge in [0.25, 0.3) is 5.91 Å². The van der Waals surface area contributed by atoms with Gasteiger partial charge >= 0.3 is 0 Å². The Labute approximate surface area is 146 Å². The Kier molecular flexibility index (Phi) is 7.11. The average Bonchev–Trinajstić information content (AvgIpc) is 2.59. The molecule has 0 aliphatic heterocycles. The summed E-state index contributed by atoms with van der Waals surface area (Å²) in [6, 6.07) is 16.0. The van der Waals surface area contributed by atoms with Crippen LogP contribution in [0.1, 0.15) is 16.8 Å². The lowest BCUT2D eigenvalue weighted by molar-refractivity contribution is -0.121. The van der Waals surface area contributed by atoms with Crippen LogP contribution >= 0.6 is 11.6 Å². The van der Waals surface area contributed by atoms with E-state index in [1.165, 1.54) is 0 Å². The Morgan fingerprint density at radius 2 is 1.71 bits per heavy atom. The van der Waals surface area contributed by atoms with Crippen LogP contribution in [0.3, 0.4) is 0 Å². The van der Waals surface area contributed by atoms with E-state index in [4.69, 9.17) is 16.3 Å². The topological polar surface area (TPSA) is 67.4 Å². The molecule has 0 aliphatic rings. The number of halogens is 1. The number of ether oxygens (including phenoxy) is 1. The standard InChI is InChI=1S/C18H19ClN2O3/c19-15-6-4-5-14(13-15)18(23)21-11-10-20-17(22)9-12-24-16-7-2-1-3-8-16/h1-8,13H,9-12H2,(H,20,22)(H,21,23). The van der Waals surface area contributed by atoms with E-state index in [0.717, 1.165) is 5.75 Å². The van der Waals surface area contributed by atoms with Crippen molar-refractivity contribution in [2.24, 2.45) is 0 Å². The van der Waals surface area contributed by atoms with Crippen molar-refractivity contribution < 1.29 is 14.3 Å². The lowest BCUT2D eigenvalue weighted by Gasteiger charge is -2.08. The number of carbonyl (C=O) groups is 2. The van der Waals surface area contributed by atoms with Crippen LogP contribution in [0.5, 0.6) is 5.75 Å². The molecule has 2 rings (SSSR count). The second-order valence-corrected chi connectivity index (χ2v) is 5.46. The van der Waals surface area contributed by atoms with Crippen LogP contribution in [-0.2, 0) is 4.79 Å². The lowest BCUT2D eigenvalue weighted by atomic mass is 10.2. The number of nitrogens with one attached hydrogen (secondary N) is 2. The molecular weight excluding hydrogens is 328 g/mol. The van der Waals surface area contributed by atoms with Crippen LogP contribution in [0.2, 0.25) is 5.02 Å². The number of amides is 2. The monoisotopic (exact) mass is 346 g/mol. The fourth-order valence-electron chi connectivity index (χ4n) is 1.98. The molecule has 0 unspecified atom stereocenters. The fourth-order valence-corrected chi connectivity index (χ4v) is 2.17. The highest BCUT2D eigenvalue weighted by Crippen LogP contribution is 2.10. The number of hydrogen-bond acceptors (Lipinski definition) is 3. The van der Waals surface area contributed by atoms with E-state index in [1.54, 1.807) is 24.3 Å². The molecule has 0 atom stereocenters. The summed E-state index contributed by atoms with van der Waals surface area (Å²) >= 11 is 5.84. The molecule has 5 nitrogen and oxygen atoms in total. The zero-order valence-electron chi connectivity index (χ0n) is 13.1. The number of benzene rings is 2. The molecule has 0 aliphatic carbocycles. The van der Waals surface area contributed by atoms with Gasteiger partial charge in [0.1, 0.15) is 5.75 Å². The van der Waals surface area contributed by atoms with Crippen molar-refractivity contribution in [2.75, 3.05) is 19.7 Å². The molecule has 126 valence electrons. The van der Waals surface area contributed by atoms with E-state index >= 15 is 0 Å². The van der Waals surface area contributed by atoms with Gasteiger partial charge in [-0.2, -0.15) is 0 Å². The molecule has 2 aromatic carbocycles. The highest BCUT2D eigenvalue weighted by atomic mass is 35.5. The van der Waals surface area contributed by atoms with Gasteiger partial charge in [0.2, 0.25) is 5.91 Å². The van der Waals surface area contributed by atoms with E-state index in [-0.39, 0.29) is 18.2 Å². The highest BCUT2D eigenvalue weighted by molar-refractivity contribution is 6.30. The van der Waals surface area contributed by atoms with Gasteiger partial charge in [0.15, 0.2) is 0 Å². The van der Waals surface area contributed by atoms with Gasteiger partial charge in [0.05, 0.1) is 13.0 Å². The Hall–Kier alpha value is -2.53. The predicted molar refractivity (Wildman–Crippen MR) is 93.3 cm³/mol. The molecule has 2 N–H and O–H groups in total. The van der Waals surface area contributed by atoms with Crippen molar-refractivity contribution in [3.8, 4) is 5.75 Å². The molecule has 6 heteroatoms. The molecule has 0 radical (unpaired) electrons. The van der Waals surface area contributed by atoms with Gasteiger partial charge in [0, 0.05) is 23.7 Å². The first kappa shape index (κ1) is 17.8. The third-order valence-corrected chi connectivity index (χ3v) is 3.40.